The highest BCUT2D eigenvalue weighted by atomic mass is 16.5. The van der Waals surface area contributed by atoms with E-state index in [9.17, 15) is 14.4 Å². The summed E-state index contributed by atoms with van der Waals surface area (Å²) in [5.74, 6) is -0.834. The molecular formula is C24H22N2O5. The number of fused-ring (bicyclic) bond motifs is 2. The lowest BCUT2D eigenvalue weighted by atomic mass is 10.1. The Kier molecular flexibility index (Phi) is 5.84. The molecule has 3 aromatic carbocycles. The Bertz CT molecular complexity index is 1140. The van der Waals surface area contributed by atoms with Gasteiger partial charge in [-0.3, -0.25) is 19.3 Å². The van der Waals surface area contributed by atoms with Crippen molar-refractivity contribution in [2.24, 2.45) is 0 Å². The van der Waals surface area contributed by atoms with Crippen LogP contribution in [0.4, 0.5) is 11.4 Å². The predicted octanol–water partition coefficient (Wildman–Crippen LogP) is 3.53. The number of rotatable bonds is 5. The number of para-hydroxylation sites is 2. The molecule has 0 spiro atoms. The van der Waals surface area contributed by atoms with E-state index in [0.29, 0.717) is 17.1 Å². The number of amides is 2. The van der Waals surface area contributed by atoms with Crippen molar-refractivity contribution in [2.45, 2.75) is 19.4 Å². The van der Waals surface area contributed by atoms with Gasteiger partial charge in [-0.2, -0.15) is 0 Å². The van der Waals surface area contributed by atoms with Crippen molar-refractivity contribution in [3.8, 4) is 5.75 Å². The molecule has 0 unspecified atom stereocenters. The monoisotopic (exact) mass is 418 g/mol. The first-order chi connectivity index (χ1) is 15.0. The SMILES string of the molecule is C[C@H](OC(=O)CN1C(=O)CCOc2ccccc21)C(=O)Nc1cccc2ccccc12. The third-order valence-electron chi connectivity index (χ3n) is 5.04. The average Bonchev–Trinajstić information content (AvgIpc) is 2.93. The Morgan fingerprint density at radius 2 is 1.81 bits per heavy atom. The van der Waals surface area contributed by atoms with Crippen LogP contribution in [0.25, 0.3) is 10.8 Å². The second kappa shape index (κ2) is 8.87. The van der Waals surface area contributed by atoms with Gasteiger partial charge in [0.2, 0.25) is 5.91 Å². The van der Waals surface area contributed by atoms with Crippen molar-refractivity contribution in [1.29, 1.82) is 0 Å². The lowest BCUT2D eigenvalue weighted by Gasteiger charge is -2.22. The largest absolute Gasteiger partial charge is 0.491 e. The zero-order valence-corrected chi connectivity index (χ0v) is 17.0. The summed E-state index contributed by atoms with van der Waals surface area (Å²) in [6.07, 6.45) is -0.876. The number of ether oxygens (including phenoxy) is 2. The molecular weight excluding hydrogens is 396 g/mol. The second-order valence-corrected chi connectivity index (χ2v) is 7.19. The van der Waals surface area contributed by atoms with Gasteiger partial charge in [-0.05, 0) is 30.5 Å². The van der Waals surface area contributed by atoms with Crippen molar-refractivity contribution < 1.29 is 23.9 Å². The molecule has 31 heavy (non-hydrogen) atoms. The van der Waals surface area contributed by atoms with E-state index >= 15 is 0 Å². The van der Waals surface area contributed by atoms with E-state index in [2.05, 4.69) is 5.32 Å². The molecule has 1 atom stereocenters. The van der Waals surface area contributed by atoms with Crippen LogP contribution in [0, 0.1) is 0 Å². The third-order valence-corrected chi connectivity index (χ3v) is 5.04. The van der Waals surface area contributed by atoms with Gasteiger partial charge in [0, 0.05) is 11.1 Å². The zero-order valence-electron chi connectivity index (χ0n) is 17.0. The van der Waals surface area contributed by atoms with Crippen LogP contribution in [0.15, 0.2) is 66.7 Å². The first-order valence-corrected chi connectivity index (χ1v) is 10.0. The summed E-state index contributed by atoms with van der Waals surface area (Å²) in [4.78, 5) is 38.9. The number of carbonyl (C=O) groups is 3. The Morgan fingerprint density at radius 3 is 2.68 bits per heavy atom. The minimum Gasteiger partial charge on any atom is -0.491 e. The molecule has 0 fully saturated rings. The molecule has 7 nitrogen and oxygen atoms in total. The van der Waals surface area contributed by atoms with Crippen molar-refractivity contribution in [1.82, 2.24) is 0 Å². The normalized spacial score (nSPS) is 14.2. The molecule has 0 aromatic heterocycles. The average molecular weight is 418 g/mol. The number of nitrogens with one attached hydrogen (secondary N) is 1. The number of esters is 1. The lowest BCUT2D eigenvalue weighted by Crippen LogP contribution is -2.39. The van der Waals surface area contributed by atoms with Crippen LogP contribution >= 0.6 is 0 Å². The number of benzene rings is 3. The van der Waals surface area contributed by atoms with Gasteiger partial charge in [0.25, 0.3) is 5.91 Å². The van der Waals surface area contributed by atoms with E-state index in [0.717, 1.165) is 10.8 Å². The summed E-state index contributed by atoms with van der Waals surface area (Å²) in [5.41, 5.74) is 1.15. The molecule has 1 aliphatic rings. The number of carbonyl (C=O) groups excluding carboxylic acids is 3. The van der Waals surface area contributed by atoms with E-state index in [1.165, 1.54) is 11.8 Å². The summed E-state index contributed by atoms with van der Waals surface area (Å²) in [6.45, 7) is 1.44. The van der Waals surface area contributed by atoms with Crippen LogP contribution in [-0.2, 0) is 19.1 Å². The number of anilines is 2. The smallest absolute Gasteiger partial charge is 0.326 e. The van der Waals surface area contributed by atoms with Gasteiger partial charge >= 0.3 is 5.97 Å². The standard InChI is InChI=1S/C24H22N2O5/c1-16(24(29)25-19-10-6-8-17-7-2-3-9-18(17)19)31-23(28)15-26-20-11-4-5-12-21(20)30-14-13-22(26)27/h2-12,16H,13-15H2,1H3,(H,25,29)/t16-/m0/s1. The quantitative estimate of drug-likeness (QED) is 0.641. The molecule has 2 amide bonds. The van der Waals surface area contributed by atoms with Gasteiger partial charge < -0.3 is 14.8 Å². The van der Waals surface area contributed by atoms with Crippen LogP contribution in [0.5, 0.6) is 5.75 Å². The van der Waals surface area contributed by atoms with Crippen LogP contribution < -0.4 is 15.0 Å². The van der Waals surface area contributed by atoms with E-state index in [1.54, 1.807) is 30.3 Å². The van der Waals surface area contributed by atoms with Crippen molar-refractivity contribution in [2.75, 3.05) is 23.4 Å². The van der Waals surface area contributed by atoms with Crippen LogP contribution in [0.3, 0.4) is 0 Å². The Balaban J connectivity index is 1.42. The summed E-state index contributed by atoms with van der Waals surface area (Å²) in [7, 11) is 0. The number of hydrogen-bond donors (Lipinski definition) is 1. The van der Waals surface area contributed by atoms with E-state index in [4.69, 9.17) is 9.47 Å². The maximum atomic E-state index is 12.6. The lowest BCUT2D eigenvalue weighted by molar-refractivity contribution is -0.152. The molecule has 158 valence electrons. The first-order valence-electron chi connectivity index (χ1n) is 10.0. The summed E-state index contributed by atoms with van der Waals surface area (Å²) in [6, 6.07) is 20.3. The number of hydrogen-bond acceptors (Lipinski definition) is 5. The highest BCUT2D eigenvalue weighted by molar-refractivity contribution is 6.04. The molecule has 0 saturated carbocycles. The van der Waals surface area contributed by atoms with Crippen LogP contribution in [-0.4, -0.2) is 37.0 Å². The second-order valence-electron chi connectivity index (χ2n) is 7.19. The minimum absolute atomic E-state index is 0.152. The van der Waals surface area contributed by atoms with Crippen molar-refractivity contribution >= 4 is 39.9 Å². The van der Waals surface area contributed by atoms with E-state index in [-0.39, 0.29) is 25.5 Å². The fourth-order valence-electron chi connectivity index (χ4n) is 3.48. The predicted molar refractivity (Wildman–Crippen MR) is 117 cm³/mol. The van der Waals surface area contributed by atoms with Crippen LogP contribution in [0.2, 0.25) is 0 Å². The summed E-state index contributed by atoms with van der Waals surface area (Å²) >= 11 is 0. The molecule has 4 rings (SSSR count). The zero-order chi connectivity index (χ0) is 21.8. The van der Waals surface area contributed by atoms with Gasteiger partial charge in [0.05, 0.1) is 18.7 Å². The van der Waals surface area contributed by atoms with Gasteiger partial charge in [-0.15, -0.1) is 0 Å². The van der Waals surface area contributed by atoms with Crippen molar-refractivity contribution in [3.05, 3.63) is 66.7 Å². The van der Waals surface area contributed by atoms with Gasteiger partial charge in [-0.25, -0.2) is 0 Å². The summed E-state index contributed by atoms with van der Waals surface area (Å²) < 4.78 is 10.9. The molecule has 0 aliphatic carbocycles. The first kappa shape index (κ1) is 20.4. The molecule has 0 bridgehead atoms. The highest BCUT2D eigenvalue weighted by Gasteiger charge is 2.27. The Morgan fingerprint density at radius 1 is 1.06 bits per heavy atom. The fourth-order valence-corrected chi connectivity index (χ4v) is 3.48. The van der Waals surface area contributed by atoms with Crippen molar-refractivity contribution in [3.63, 3.8) is 0 Å². The molecule has 1 N–H and O–H groups in total. The van der Waals surface area contributed by atoms with Gasteiger partial charge in [-0.1, -0.05) is 48.5 Å². The topological polar surface area (TPSA) is 84.9 Å². The molecule has 0 saturated heterocycles. The molecule has 3 aromatic rings. The number of nitrogens with zero attached hydrogens (tertiary/aromatic N) is 1. The van der Waals surface area contributed by atoms with Crippen LogP contribution in [0.1, 0.15) is 13.3 Å². The Labute approximate surface area is 179 Å². The van der Waals surface area contributed by atoms with E-state index < -0.39 is 18.0 Å². The highest BCUT2D eigenvalue weighted by Crippen LogP contribution is 2.31. The maximum Gasteiger partial charge on any atom is 0.326 e. The molecule has 1 heterocycles. The molecule has 0 radical (unpaired) electrons. The summed E-state index contributed by atoms with van der Waals surface area (Å²) in [5, 5.41) is 4.69. The third kappa shape index (κ3) is 4.50. The van der Waals surface area contributed by atoms with Gasteiger partial charge in [0.1, 0.15) is 12.3 Å². The minimum atomic E-state index is -1.03. The Hall–Kier alpha value is -3.87. The van der Waals surface area contributed by atoms with Gasteiger partial charge in [0.15, 0.2) is 6.10 Å². The molecule has 1 aliphatic heterocycles. The molecule has 7 heteroatoms. The fraction of sp³-hybridized carbons (Fsp3) is 0.208. The maximum absolute atomic E-state index is 12.6. The van der Waals surface area contributed by atoms with E-state index in [1.807, 2.05) is 36.4 Å².